The number of carbonyl (C=O) groups excluding carboxylic acids is 3. The Morgan fingerprint density at radius 3 is 2.08 bits per heavy atom. The summed E-state index contributed by atoms with van der Waals surface area (Å²) in [6.07, 6.45) is 1.55. The minimum absolute atomic E-state index is 0.0194. The molecule has 8 nitrogen and oxygen atoms in total. The second-order valence-corrected chi connectivity index (χ2v) is 6.80. The molecule has 140 valence electrons. The molecule has 0 aliphatic carbocycles. The van der Waals surface area contributed by atoms with Gasteiger partial charge in [-0.15, -0.1) is 0 Å². The molecule has 0 fully saturated rings. The SMILES string of the molecule is CCC(C)[C@H](NC(=O)OC(C)(C)C)C(=O)NCCCCNC(N)=O. The fourth-order valence-corrected chi connectivity index (χ4v) is 1.92. The highest BCUT2D eigenvalue weighted by molar-refractivity contribution is 5.85. The van der Waals surface area contributed by atoms with Crippen LogP contribution in [-0.4, -0.2) is 42.8 Å². The van der Waals surface area contributed by atoms with E-state index < -0.39 is 23.8 Å². The molecule has 0 aliphatic rings. The summed E-state index contributed by atoms with van der Waals surface area (Å²) in [5, 5.41) is 7.93. The van der Waals surface area contributed by atoms with E-state index in [9.17, 15) is 14.4 Å². The van der Waals surface area contributed by atoms with Crippen LogP contribution in [0.2, 0.25) is 0 Å². The molecule has 0 aromatic carbocycles. The Labute approximate surface area is 144 Å². The number of ether oxygens (including phenoxy) is 1. The second kappa shape index (κ2) is 10.7. The molecule has 4 amide bonds. The summed E-state index contributed by atoms with van der Waals surface area (Å²) in [5.41, 5.74) is 4.34. The maximum Gasteiger partial charge on any atom is 0.408 e. The van der Waals surface area contributed by atoms with E-state index >= 15 is 0 Å². The van der Waals surface area contributed by atoms with Crippen molar-refractivity contribution in [2.75, 3.05) is 13.1 Å². The van der Waals surface area contributed by atoms with Crippen LogP contribution in [0.25, 0.3) is 0 Å². The van der Waals surface area contributed by atoms with Crippen molar-refractivity contribution in [1.29, 1.82) is 0 Å². The van der Waals surface area contributed by atoms with Crippen molar-refractivity contribution >= 4 is 18.0 Å². The van der Waals surface area contributed by atoms with Gasteiger partial charge < -0.3 is 26.4 Å². The first-order valence-electron chi connectivity index (χ1n) is 8.37. The number of primary amides is 1. The number of carbonyl (C=O) groups is 3. The molecule has 8 heteroatoms. The first-order chi connectivity index (χ1) is 11.1. The van der Waals surface area contributed by atoms with Crippen LogP contribution >= 0.6 is 0 Å². The molecule has 2 atom stereocenters. The maximum atomic E-state index is 12.3. The zero-order valence-electron chi connectivity index (χ0n) is 15.4. The second-order valence-electron chi connectivity index (χ2n) is 6.80. The molecule has 5 N–H and O–H groups in total. The third kappa shape index (κ3) is 10.7. The Hall–Kier alpha value is -1.99. The van der Waals surface area contributed by atoms with Gasteiger partial charge >= 0.3 is 12.1 Å². The molecule has 0 heterocycles. The molecular formula is C16H32N4O4. The molecule has 0 spiro atoms. The van der Waals surface area contributed by atoms with E-state index in [1.54, 1.807) is 20.8 Å². The van der Waals surface area contributed by atoms with E-state index in [1.165, 1.54) is 0 Å². The minimum atomic E-state index is -0.645. The standard InChI is InChI=1S/C16H32N4O4/c1-6-11(2)12(20-15(23)24-16(3,4)5)13(21)18-9-7-8-10-19-14(17)22/h11-12H,6-10H2,1-5H3,(H,18,21)(H,20,23)(H3,17,19,22)/t11?,12-/m0/s1. The van der Waals surface area contributed by atoms with Gasteiger partial charge in [0.25, 0.3) is 0 Å². The van der Waals surface area contributed by atoms with E-state index in [0.717, 1.165) is 6.42 Å². The van der Waals surface area contributed by atoms with Crippen molar-refractivity contribution in [3.63, 3.8) is 0 Å². The topological polar surface area (TPSA) is 123 Å². The number of rotatable bonds is 9. The van der Waals surface area contributed by atoms with Crippen LogP contribution in [0.1, 0.15) is 53.9 Å². The Balaban J connectivity index is 4.36. The van der Waals surface area contributed by atoms with E-state index in [-0.39, 0.29) is 11.8 Å². The van der Waals surface area contributed by atoms with Gasteiger partial charge in [-0.1, -0.05) is 20.3 Å². The fourth-order valence-electron chi connectivity index (χ4n) is 1.92. The zero-order chi connectivity index (χ0) is 18.8. The fraction of sp³-hybridized carbons (Fsp3) is 0.812. The van der Waals surface area contributed by atoms with Crippen LogP contribution in [0.5, 0.6) is 0 Å². The summed E-state index contributed by atoms with van der Waals surface area (Å²) >= 11 is 0. The number of hydrogen-bond acceptors (Lipinski definition) is 4. The van der Waals surface area contributed by atoms with Crippen LogP contribution < -0.4 is 21.7 Å². The largest absolute Gasteiger partial charge is 0.444 e. The average Bonchev–Trinajstić information content (AvgIpc) is 2.45. The third-order valence-electron chi connectivity index (χ3n) is 3.37. The van der Waals surface area contributed by atoms with E-state index in [2.05, 4.69) is 16.0 Å². The quantitative estimate of drug-likeness (QED) is 0.473. The van der Waals surface area contributed by atoms with Crippen LogP contribution in [0.3, 0.4) is 0 Å². The number of alkyl carbamates (subject to hydrolysis) is 1. The van der Waals surface area contributed by atoms with Crippen LogP contribution in [0.15, 0.2) is 0 Å². The number of amides is 4. The predicted molar refractivity (Wildman–Crippen MR) is 92.4 cm³/mol. The summed E-state index contributed by atoms with van der Waals surface area (Å²) in [7, 11) is 0. The Bertz CT molecular complexity index is 421. The molecule has 0 aromatic heterocycles. The number of hydrogen-bond donors (Lipinski definition) is 4. The van der Waals surface area contributed by atoms with Gasteiger partial charge in [0.1, 0.15) is 11.6 Å². The number of nitrogens with one attached hydrogen (secondary N) is 3. The number of unbranched alkanes of at least 4 members (excludes halogenated alkanes) is 1. The highest BCUT2D eigenvalue weighted by Gasteiger charge is 2.27. The van der Waals surface area contributed by atoms with Gasteiger partial charge in [0.15, 0.2) is 0 Å². The number of urea groups is 1. The van der Waals surface area contributed by atoms with Crippen molar-refractivity contribution < 1.29 is 19.1 Å². The molecule has 0 radical (unpaired) electrons. The van der Waals surface area contributed by atoms with Gasteiger partial charge in [0.2, 0.25) is 5.91 Å². The summed E-state index contributed by atoms with van der Waals surface area (Å²) in [6.45, 7) is 10.1. The summed E-state index contributed by atoms with van der Waals surface area (Å²) in [6, 6.07) is -1.20. The highest BCUT2D eigenvalue weighted by atomic mass is 16.6. The lowest BCUT2D eigenvalue weighted by Crippen LogP contribution is -2.51. The molecule has 0 rings (SSSR count). The molecule has 0 bridgehead atoms. The lowest BCUT2D eigenvalue weighted by atomic mass is 9.98. The van der Waals surface area contributed by atoms with Crippen molar-refractivity contribution in [3.05, 3.63) is 0 Å². The van der Waals surface area contributed by atoms with Crippen LogP contribution in [0, 0.1) is 5.92 Å². The average molecular weight is 344 g/mol. The lowest BCUT2D eigenvalue weighted by Gasteiger charge is -2.26. The van der Waals surface area contributed by atoms with Crippen molar-refractivity contribution in [2.45, 2.75) is 65.5 Å². The summed E-state index contributed by atoms with van der Waals surface area (Å²) < 4.78 is 5.21. The Morgan fingerprint density at radius 1 is 1.08 bits per heavy atom. The Morgan fingerprint density at radius 2 is 1.62 bits per heavy atom. The highest BCUT2D eigenvalue weighted by Crippen LogP contribution is 2.11. The number of nitrogens with two attached hydrogens (primary N) is 1. The third-order valence-corrected chi connectivity index (χ3v) is 3.37. The van der Waals surface area contributed by atoms with E-state index in [0.29, 0.717) is 25.9 Å². The van der Waals surface area contributed by atoms with E-state index in [4.69, 9.17) is 10.5 Å². The predicted octanol–water partition coefficient (Wildman–Crippen LogP) is 1.49. The normalized spacial score (nSPS) is 13.5. The first kappa shape index (κ1) is 22.0. The zero-order valence-corrected chi connectivity index (χ0v) is 15.4. The maximum absolute atomic E-state index is 12.3. The van der Waals surface area contributed by atoms with Gasteiger partial charge in [-0.3, -0.25) is 4.79 Å². The molecule has 0 aliphatic heterocycles. The molecule has 0 saturated carbocycles. The molecular weight excluding hydrogens is 312 g/mol. The van der Waals surface area contributed by atoms with Gasteiger partial charge in [0, 0.05) is 13.1 Å². The summed E-state index contributed by atoms with van der Waals surface area (Å²) in [4.78, 5) is 34.8. The van der Waals surface area contributed by atoms with Gasteiger partial charge in [-0.25, -0.2) is 9.59 Å². The molecule has 0 saturated heterocycles. The molecule has 24 heavy (non-hydrogen) atoms. The van der Waals surface area contributed by atoms with Crippen molar-refractivity contribution in [1.82, 2.24) is 16.0 Å². The smallest absolute Gasteiger partial charge is 0.408 e. The van der Waals surface area contributed by atoms with Crippen molar-refractivity contribution in [3.8, 4) is 0 Å². The van der Waals surface area contributed by atoms with Gasteiger partial charge in [-0.05, 0) is 39.5 Å². The van der Waals surface area contributed by atoms with Crippen LogP contribution in [-0.2, 0) is 9.53 Å². The first-order valence-corrected chi connectivity index (χ1v) is 8.37. The van der Waals surface area contributed by atoms with E-state index in [1.807, 2.05) is 13.8 Å². The lowest BCUT2D eigenvalue weighted by molar-refractivity contribution is -0.124. The monoisotopic (exact) mass is 344 g/mol. The van der Waals surface area contributed by atoms with Crippen LogP contribution in [0.4, 0.5) is 9.59 Å². The minimum Gasteiger partial charge on any atom is -0.444 e. The molecule has 1 unspecified atom stereocenters. The molecule has 0 aromatic rings. The summed E-state index contributed by atoms with van der Waals surface area (Å²) in [5.74, 6) is -0.257. The van der Waals surface area contributed by atoms with Gasteiger partial charge in [0.05, 0.1) is 0 Å². The Kier molecular flexibility index (Phi) is 9.83. The van der Waals surface area contributed by atoms with Crippen molar-refractivity contribution in [2.24, 2.45) is 11.7 Å². The van der Waals surface area contributed by atoms with Gasteiger partial charge in [-0.2, -0.15) is 0 Å².